The number of nitrogens with one attached hydrogen (secondary N) is 1. The third-order valence-corrected chi connectivity index (χ3v) is 2.36. The van der Waals surface area contributed by atoms with Crippen molar-refractivity contribution in [1.29, 1.82) is 0 Å². The van der Waals surface area contributed by atoms with Crippen molar-refractivity contribution in [2.24, 2.45) is 5.92 Å². The number of methoxy groups -OCH3 is 1. The molecule has 0 spiro atoms. The maximum absolute atomic E-state index is 11.5. The van der Waals surface area contributed by atoms with Gasteiger partial charge in [0, 0.05) is 6.54 Å². The van der Waals surface area contributed by atoms with E-state index in [0.29, 0.717) is 23.8 Å². The number of amides is 1. The van der Waals surface area contributed by atoms with Crippen LogP contribution >= 0.6 is 0 Å². The molecule has 1 amide bonds. The number of esters is 1. The van der Waals surface area contributed by atoms with Gasteiger partial charge in [0.1, 0.15) is 11.3 Å². The molecule has 0 aliphatic carbocycles. The zero-order chi connectivity index (χ0) is 14.3. The lowest BCUT2D eigenvalue weighted by molar-refractivity contribution is -0.123. The number of hydrogen-bond acceptors (Lipinski definition) is 4. The molecular weight excluding hydrogens is 246 g/mol. The van der Waals surface area contributed by atoms with Crippen LogP contribution in [-0.4, -0.2) is 32.1 Å². The Morgan fingerprint density at radius 2 is 1.95 bits per heavy atom. The SMILES string of the molecule is COC(=O)c1ccccc1OCC(=O)NCC(C)C. The molecule has 0 unspecified atom stereocenters. The lowest BCUT2D eigenvalue weighted by Gasteiger charge is -2.11. The summed E-state index contributed by atoms with van der Waals surface area (Å²) in [7, 11) is 1.30. The molecule has 0 atom stereocenters. The summed E-state index contributed by atoms with van der Waals surface area (Å²) in [6.45, 7) is 4.49. The number of hydrogen-bond donors (Lipinski definition) is 1. The first-order chi connectivity index (χ1) is 9.04. The van der Waals surface area contributed by atoms with E-state index >= 15 is 0 Å². The van der Waals surface area contributed by atoms with Gasteiger partial charge in [-0.3, -0.25) is 4.79 Å². The highest BCUT2D eigenvalue weighted by Crippen LogP contribution is 2.18. The molecule has 5 heteroatoms. The summed E-state index contributed by atoms with van der Waals surface area (Å²) in [5, 5.41) is 2.73. The van der Waals surface area contributed by atoms with Crippen LogP contribution in [0.3, 0.4) is 0 Å². The van der Waals surface area contributed by atoms with Gasteiger partial charge >= 0.3 is 5.97 Å². The maximum atomic E-state index is 11.5. The van der Waals surface area contributed by atoms with Crippen molar-refractivity contribution in [2.45, 2.75) is 13.8 Å². The smallest absolute Gasteiger partial charge is 0.341 e. The largest absolute Gasteiger partial charge is 0.483 e. The fraction of sp³-hybridized carbons (Fsp3) is 0.429. The molecule has 104 valence electrons. The Morgan fingerprint density at radius 1 is 1.26 bits per heavy atom. The van der Waals surface area contributed by atoms with Gasteiger partial charge < -0.3 is 14.8 Å². The van der Waals surface area contributed by atoms with Crippen molar-refractivity contribution in [3.05, 3.63) is 29.8 Å². The molecule has 0 aliphatic rings. The van der Waals surface area contributed by atoms with Gasteiger partial charge in [-0.2, -0.15) is 0 Å². The van der Waals surface area contributed by atoms with Gasteiger partial charge in [0.05, 0.1) is 7.11 Å². The molecule has 0 saturated carbocycles. The summed E-state index contributed by atoms with van der Waals surface area (Å²) in [5.41, 5.74) is 0.307. The third kappa shape index (κ3) is 4.99. The summed E-state index contributed by atoms with van der Waals surface area (Å²) < 4.78 is 9.98. The van der Waals surface area contributed by atoms with Crippen molar-refractivity contribution < 1.29 is 19.1 Å². The third-order valence-electron chi connectivity index (χ3n) is 2.36. The average molecular weight is 265 g/mol. The van der Waals surface area contributed by atoms with Gasteiger partial charge in [-0.25, -0.2) is 4.79 Å². The first kappa shape index (κ1) is 15.0. The predicted octanol–water partition coefficient (Wildman–Crippen LogP) is 1.62. The minimum absolute atomic E-state index is 0.124. The number of para-hydroxylation sites is 1. The van der Waals surface area contributed by atoms with Crippen LogP contribution < -0.4 is 10.1 Å². The van der Waals surface area contributed by atoms with E-state index in [0.717, 1.165) is 0 Å². The minimum atomic E-state index is -0.488. The van der Waals surface area contributed by atoms with Crippen LogP contribution in [0.15, 0.2) is 24.3 Å². The van der Waals surface area contributed by atoms with Crippen LogP contribution in [0, 0.1) is 5.92 Å². The molecule has 0 fully saturated rings. The van der Waals surface area contributed by atoms with E-state index in [2.05, 4.69) is 10.1 Å². The molecule has 0 bridgehead atoms. The van der Waals surface area contributed by atoms with E-state index in [1.54, 1.807) is 24.3 Å². The van der Waals surface area contributed by atoms with Crippen LogP contribution in [0.5, 0.6) is 5.75 Å². The number of carbonyl (C=O) groups excluding carboxylic acids is 2. The summed E-state index contributed by atoms with van der Waals surface area (Å²) in [4.78, 5) is 23.0. The average Bonchev–Trinajstić information content (AvgIpc) is 2.42. The molecule has 5 nitrogen and oxygen atoms in total. The van der Waals surface area contributed by atoms with Gasteiger partial charge in [-0.05, 0) is 18.1 Å². The van der Waals surface area contributed by atoms with Crippen LogP contribution in [0.2, 0.25) is 0 Å². The Morgan fingerprint density at radius 3 is 2.58 bits per heavy atom. The lowest BCUT2D eigenvalue weighted by Crippen LogP contribution is -2.31. The number of benzene rings is 1. The molecule has 0 heterocycles. The Kier molecular flexibility index (Phi) is 5.85. The van der Waals surface area contributed by atoms with Crippen molar-refractivity contribution in [3.8, 4) is 5.75 Å². The van der Waals surface area contributed by atoms with Crippen LogP contribution in [0.1, 0.15) is 24.2 Å². The van der Waals surface area contributed by atoms with Crippen molar-refractivity contribution in [1.82, 2.24) is 5.32 Å². The molecule has 0 radical (unpaired) electrons. The van der Waals surface area contributed by atoms with Gasteiger partial charge in [0.2, 0.25) is 0 Å². The second-order valence-electron chi connectivity index (χ2n) is 4.47. The zero-order valence-corrected chi connectivity index (χ0v) is 11.4. The van der Waals surface area contributed by atoms with Crippen molar-refractivity contribution >= 4 is 11.9 Å². The minimum Gasteiger partial charge on any atom is -0.483 e. The van der Waals surface area contributed by atoms with Crippen molar-refractivity contribution in [2.75, 3.05) is 20.3 Å². The summed E-state index contributed by atoms with van der Waals surface area (Å²) in [5.74, 6) is 0.0203. The van der Waals surface area contributed by atoms with E-state index in [4.69, 9.17) is 4.74 Å². The quantitative estimate of drug-likeness (QED) is 0.794. The fourth-order valence-corrected chi connectivity index (χ4v) is 1.38. The lowest BCUT2D eigenvalue weighted by atomic mass is 10.2. The highest BCUT2D eigenvalue weighted by atomic mass is 16.5. The predicted molar refractivity (Wildman–Crippen MR) is 71.1 cm³/mol. The maximum Gasteiger partial charge on any atom is 0.341 e. The van der Waals surface area contributed by atoms with E-state index in [1.807, 2.05) is 13.8 Å². The standard InChI is InChI=1S/C14H19NO4/c1-10(2)8-15-13(16)9-19-12-7-5-4-6-11(12)14(17)18-3/h4-7,10H,8-9H2,1-3H3,(H,15,16). The van der Waals surface area contributed by atoms with Crippen LogP contribution in [0.4, 0.5) is 0 Å². The number of rotatable bonds is 6. The first-order valence-electron chi connectivity index (χ1n) is 6.11. The van der Waals surface area contributed by atoms with Crippen molar-refractivity contribution in [3.63, 3.8) is 0 Å². The summed E-state index contributed by atoms with van der Waals surface area (Å²) in [6, 6.07) is 6.65. The monoisotopic (exact) mass is 265 g/mol. The van der Waals surface area contributed by atoms with Gasteiger partial charge in [0.15, 0.2) is 6.61 Å². The van der Waals surface area contributed by atoms with Gasteiger partial charge in [-0.1, -0.05) is 26.0 Å². The molecule has 1 aromatic rings. The number of carbonyl (C=O) groups is 2. The molecule has 19 heavy (non-hydrogen) atoms. The van der Waals surface area contributed by atoms with E-state index < -0.39 is 5.97 Å². The molecule has 1 aromatic carbocycles. The normalized spacial score (nSPS) is 10.1. The van der Waals surface area contributed by atoms with E-state index in [1.165, 1.54) is 7.11 Å². The molecule has 0 aromatic heterocycles. The summed E-state index contributed by atoms with van der Waals surface area (Å²) >= 11 is 0. The molecule has 1 rings (SSSR count). The Labute approximate surface area is 112 Å². The van der Waals surface area contributed by atoms with Gasteiger partial charge in [-0.15, -0.1) is 0 Å². The van der Waals surface area contributed by atoms with Gasteiger partial charge in [0.25, 0.3) is 5.91 Å². The number of ether oxygens (including phenoxy) is 2. The Balaban J connectivity index is 2.58. The second-order valence-corrected chi connectivity index (χ2v) is 4.47. The molecular formula is C14H19NO4. The topological polar surface area (TPSA) is 64.6 Å². The van der Waals surface area contributed by atoms with Crippen LogP contribution in [0.25, 0.3) is 0 Å². The highest BCUT2D eigenvalue weighted by Gasteiger charge is 2.13. The van der Waals surface area contributed by atoms with Crippen LogP contribution in [-0.2, 0) is 9.53 Å². The van der Waals surface area contributed by atoms with E-state index in [9.17, 15) is 9.59 Å². The zero-order valence-electron chi connectivity index (χ0n) is 11.4. The Bertz CT molecular complexity index is 443. The molecule has 1 N–H and O–H groups in total. The summed E-state index contributed by atoms with van der Waals surface area (Å²) in [6.07, 6.45) is 0. The highest BCUT2D eigenvalue weighted by molar-refractivity contribution is 5.92. The Hall–Kier alpha value is -2.04. The van der Waals surface area contributed by atoms with E-state index in [-0.39, 0.29) is 12.5 Å². The molecule has 0 aliphatic heterocycles. The second kappa shape index (κ2) is 7.41. The molecule has 0 saturated heterocycles. The fourth-order valence-electron chi connectivity index (χ4n) is 1.38. The first-order valence-corrected chi connectivity index (χ1v) is 6.11.